The number of carbonyl (C=O) groups is 1. The summed E-state index contributed by atoms with van der Waals surface area (Å²) in [5, 5.41) is 3.57. The fourth-order valence-corrected chi connectivity index (χ4v) is 3.60. The summed E-state index contributed by atoms with van der Waals surface area (Å²) in [6.07, 6.45) is 2.73. The highest BCUT2D eigenvalue weighted by atomic mass is 16.2. The maximum absolute atomic E-state index is 12.7. The molecule has 1 aromatic carbocycles. The molecule has 0 spiro atoms. The van der Waals surface area contributed by atoms with Crippen LogP contribution in [0.3, 0.4) is 0 Å². The first-order chi connectivity index (χ1) is 11.9. The van der Waals surface area contributed by atoms with Gasteiger partial charge in [0.2, 0.25) is 5.43 Å². The van der Waals surface area contributed by atoms with Gasteiger partial charge in [-0.15, -0.1) is 0 Å². The third-order valence-electron chi connectivity index (χ3n) is 5.19. The molecule has 1 atom stereocenters. The number of pyridine rings is 1. The Morgan fingerprint density at radius 1 is 1.36 bits per heavy atom. The standard InChI is InChI=1S/C20H27N3O2/c1-13(2)23-8-7-15(11-23)10-21-20(25)17-12-22(4)18-6-5-14(3)9-16(18)19(17)24/h5-6,9,12-13,15H,7-8,10-11H2,1-4H3,(H,21,25)/t15-/m1/s1. The molecule has 0 bridgehead atoms. The molecule has 1 aliphatic rings. The largest absolute Gasteiger partial charge is 0.352 e. The van der Waals surface area contributed by atoms with Gasteiger partial charge in [-0.05, 0) is 51.8 Å². The van der Waals surface area contributed by atoms with E-state index in [-0.39, 0.29) is 16.9 Å². The molecule has 1 fully saturated rings. The zero-order chi connectivity index (χ0) is 18.1. The molecular formula is C20H27N3O2. The Morgan fingerprint density at radius 3 is 2.80 bits per heavy atom. The Morgan fingerprint density at radius 2 is 2.12 bits per heavy atom. The van der Waals surface area contributed by atoms with Gasteiger partial charge in [-0.25, -0.2) is 0 Å². The second kappa shape index (κ2) is 7.00. The molecular weight excluding hydrogens is 314 g/mol. The molecule has 2 aromatic rings. The second-order valence-corrected chi connectivity index (χ2v) is 7.46. The fourth-order valence-electron chi connectivity index (χ4n) is 3.60. The van der Waals surface area contributed by atoms with E-state index in [0.29, 0.717) is 23.9 Å². The number of fused-ring (bicyclic) bond motifs is 1. The van der Waals surface area contributed by atoms with Crippen LogP contribution in [0.5, 0.6) is 0 Å². The van der Waals surface area contributed by atoms with Gasteiger partial charge < -0.3 is 14.8 Å². The van der Waals surface area contributed by atoms with Crippen molar-refractivity contribution in [1.29, 1.82) is 0 Å². The van der Waals surface area contributed by atoms with Crippen LogP contribution in [0.2, 0.25) is 0 Å². The molecule has 0 radical (unpaired) electrons. The number of aryl methyl sites for hydroxylation is 2. The van der Waals surface area contributed by atoms with Crippen LogP contribution in [0.25, 0.3) is 10.9 Å². The van der Waals surface area contributed by atoms with E-state index in [1.54, 1.807) is 6.20 Å². The lowest BCUT2D eigenvalue weighted by Gasteiger charge is -2.20. The van der Waals surface area contributed by atoms with E-state index in [0.717, 1.165) is 30.6 Å². The lowest BCUT2D eigenvalue weighted by molar-refractivity contribution is 0.0945. The van der Waals surface area contributed by atoms with Crippen molar-refractivity contribution in [2.75, 3.05) is 19.6 Å². The van der Waals surface area contributed by atoms with Crippen molar-refractivity contribution in [2.45, 2.75) is 33.2 Å². The predicted molar refractivity (Wildman–Crippen MR) is 101 cm³/mol. The number of hydrogen-bond donors (Lipinski definition) is 1. The Bertz CT molecular complexity index is 854. The number of nitrogens with zero attached hydrogens (tertiary/aromatic N) is 2. The van der Waals surface area contributed by atoms with Gasteiger partial charge in [-0.3, -0.25) is 9.59 Å². The predicted octanol–water partition coefficient (Wildman–Crippen LogP) is 2.31. The highest BCUT2D eigenvalue weighted by Crippen LogP contribution is 2.18. The van der Waals surface area contributed by atoms with Crippen LogP contribution in [0.4, 0.5) is 0 Å². The first kappa shape index (κ1) is 17.7. The molecule has 25 heavy (non-hydrogen) atoms. The average Bonchev–Trinajstić information content (AvgIpc) is 3.05. The zero-order valence-electron chi connectivity index (χ0n) is 15.5. The summed E-state index contributed by atoms with van der Waals surface area (Å²) >= 11 is 0. The third-order valence-corrected chi connectivity index (χ3v) is 5.19. The highest BCUT2D eigenvalue weighted by molar-refractivity contribution is 5.97. The quantitative estimate of drug-likeness (QED) is 0.928. The van der Waals surface area contributed by atoms with E-state index in [9.17, 15) is 9.59 Å². The molecule has 1 saturated heterocycles. The zero-order valence-corrected chi connectivity index (χ0v) is 15.5. The first-order valence-electron chi connectivity index (χ1n) is 8.99. The summed E-state index contributed by atoms with van der Waals surface area (Å²) in [6.45, 7) is 9.05. The number of hydrogen-bond acceptors (Lipinski definition) is 3. The van der Waals surface area contributed by atoms with Crippen LogP contribution in [0.15, 0.2) is 29.2 Å². The Balaban J connectivity index is 1.77. The lowest BCUT2D eigenvalue weighted by atomic mass is 10.1. The number of nitrogens with one attached hydrogen (secondary N) is 1. The molecule has 1 N–H and O–H groups in total. The normalized spacial score (nSPS) is 18.2. The van der Waals surface area contributed by atoms with E-state index in [1.165, 1.54) is 0 Å². The number of amides is 1. The minimum Gasteiger partial charge on any atom is -0.352 e. The monoisotopic (exact) mass is 341 g/mol. The van der Waals surface area contributed by atoms with Gasteiger partial charge in [-0.2, -0.15) is 0 Å². The third kappa shape index (κ3) is 3.61. The molecule has 1 amide bonds. The van der Waals surface area contributed by atoms with Crippen molar-refractivity contribution < 1.29 is 4.79 Å². The Labute approximate surface area is 148 Å². The molecule has 5 nitrogen and oxygen atoms in total. The van der Waals surface area contributed by atoms with Crippen molar-refractivity contribution in [3.8, 4) is 0 Å². The summed E-state index contributed by atoms with van der Waals surface area (Å²) in [4.78, 5) is 27.7. The highest BCUT2D eigenvalue weighted by Gasteiger charge is 2.25. The maximum Gasteiger partial charge on any atom is 0.256 e. The van der Waals surface area contributed by atoms with Crippen LogP contribution in [-0.2, 0) is 7.05 Å². The van der Waals surface area contributed by atoms with Crippen LogP contribution < -0.4 is 10.7 Å². The molecule has 0 aliphatic carbocycles. The van der Waals surface area contributed by atoms with Crippen molar-refractivity contribution in [3.05, 3.63) is 45.7 Å². The van der Waals surface area contributed by atoms with E-state index in [2.05, 4.69) is 24.1 Å². The van der Waals surface area contributed by atoms with Gasteiger partial charge in [0.05, 0.1) is 5.52 Å². The molecule has 134 valence electrons. The van der Waals surface area contributed by atoms with Gasteiger partial charge in [-0.1, -0.05) is 11.6 Å². The van der Waals surface area contributed by atoms with E-state index in [4.69, 9.17) is 0 Å². The topological polar surface area (TPSA) is 54.3 Å². The Hall–Kier alpha value is -2.14. The molecule has 1 aromatic heterocycles. The van der Waals surface area contributed by atoms with Gasteiger partial charge in [0.25, 0.3) is 5.91 Å². The number of carbonyl (C=O) groups excluding carboxylic acids is 1. The van der Waals surface area contributed by atoms with Gasteiger partial charge in [0.15, 0.2) is 0 Å². The SMILES string of the molecule is Cc1ccc2c(c1)c(=O)c(C(=O)NC[C@H]1CCN(C(C)C)C1)cn2C. The van der Waals surface area contributed by atoms with Crippen LogP contribution in [-0.4, -0.2) is 41.1 Å². The van der Waals surface area contributed by atoms with Crippen LogP contribution in [0.1, 0.15) is 36.2 Å². The molecule has 2 heterocycles. The number of aromatic nitrogens is 1. The molecule has 3 rings (SSSR count). The van der Waals surface area contributed by atoms with E-state index in [1.807, 2.05) is 36.7 Å². The van der Waals surface area contributed by atoms with Gasteiger partial charge in [0.1, 0.15) is 5.56 Å². The number of rotatable bonds is 4. The smallest absolute Gasteiger partial charge is 0.256 e. The molecule has 5 heteroatoms. The summed E-state index contributed by atoms with van der Waals surface area (Å²) in [5.41, 5.74) is 1.89. The van der Waals surface area contributed by atoms with E-state index >= 15 is 0 Å². The summed E-state index contributed by atoms with van der Waals surface area (Å²) in [5.74, 6) is 0.185. The first-order valence-corrected chi connectivity index (χ1v) is 8.99. The average molecular weight is 341 g/mol. The second-order valence-electron chi connectivity index (χ2n) is 7.46. The van der Waals surface area contributed by atoms with Crippen LogP contribution in [0, 0.1) is 12.8 Å². The van der Waals surface area contributed by atoms with Gasteiger partial charge >= 0.3 is 0 Å². The Kier molecular flexibility index (Phi) is 4.95. The summed E-state index contributed by atoms with van der Waals surface area (Å²) in [7, 11) is 1.87. The van der Waals surface area contributed by atoms with Crippen LogP contribution >= 0.6 is 0 Å². The fraction of sp³-hybridized carbons (Fsp3) is 0.500. The van der Waals surface area contributed by atoms with Crippen molar-refractivity contribution in [2.24, 2.45) is 13.0 Å². The maximum atomic E-state index is 12.7. The number of benzene rings is 1. The summed E-state index contributed by atoms with van der Waals surface area (Å²) < 4.78 is 1.85. The number of likely N-dealkylation sites (tertiary alicyclic amines) is 1. The molecule has 0 unspecified atom stereocenters. The van der Waals surface area contributed by atoms with Crippen molar-refractivity contribution >= 4 is 16.8 Å². The molecule has 0 saturated carbocycles. The minimum atomic E-state index is -0.271. The van der Waals surface area contributed by atoms with Crippen molar-refractivity contribution in [1.82, 2.24) is 14.8 Å². The lowest BCUT2D eigenvalue weighted by Crippen LogP contribution is -2.35. The van der Waals surface area contributed by atoms with Gasteiger partial charge in [0, 0.05) is 37.8 Å². The molecule has 1 aliphatic heterocycles. The van der Waals surface area contributed by atoms with E-state index < -0.39 is 0 Å². The summed E-state index contributed by atoms with van der Waals surface area (Å²) in [6, 6.07) is 6.29. The van der Waals surface area contributed by atoms with Crippen molar-refractivity contribution in [3.63, 3.8) is 0 Å². The minimum absolute atomic E-state index is 0.190.